The molecule has 0 aliphatic rings. The number of hydrogen-bond acceptors (Lipinski definition) is 5. The topological polar surface area (TPSA) is 93.7 Å². The van der Waals surface area contributed by atoms with Crippen LogP contribution in [0.3, 0.4) is 0 Å². The summed E-state index contributed by atoms with van der Waals surface area (Å²) >= 11 is 0. The Morgan fingerprint density at radius 3 is 2.06 bits per heavy atom. The molecule has 0 radical (unpaired) electrons. The molecule has 32 heavy (non-hydrogen) atoms. The fourth-order valence-electron chi connectivity index (χ4n) is 2.89. The Morgan fingerprint density at radius 2 is 1.44 bits per heavy atom. The van der Waals surface area contributed by atoms with E-state index in [-0.39, 0.29) is 17.3 Å². The first-order valence-electron chi connectivity index (χ1n) is 10.3. The van der Waals surface area contributed by atoms with E-state index in [4.69, 9.17) is 9.47 Å². The third kappa shape index (κ3) is 7.11. The monoisotopic (exact) mass is 454 g/mol. The smallest absolute Gasteiger partial charge is 0.241 e. The van der Waals surface area contributed by atoms with E-state index in [1.807, 2.05) is 37.3 Å². The Hall–Kier alpha value is -3.36. The normalized spacial score (nSPS) is 11.0. The molecule has 8 heteroatoms. The van der Waals surface area contributed by atoms with E-state index >= 15 is 0 Å². The van der Waals surface area contributed by atoms with Crippen LogP contribution in [0, 0.1) is 0 Å². The van der Waals surface area contributed by atoms with Crippen molar-refractivity contribution >= 4 is 15.9 Å². The van der Waals surface area contributed by atoms with Crippen LogP contribution in [-0.4, -0.2) is 34.0 Å². The molecule has 3 aromatic rings. The zero-order valence-corrected chi connectivity index (χ0v) is 18.6. The van der Waals surface area contributed by atoms with Crippen molar-refractivity contribution in [2.45, 2.75) is 18.2 Å². The quantitative estimate of drug-likeness (QED) is 0.462. The van der Waals surface area contributed by atoms with Gasteiger partial charge in [0.1, 0.15) is 17.2 Å². The van der Waals surface area contributed by atoms with Gasteiger partial charge in [-0.1, -0.05) is 30.3 Å². The lowest BCUT2D eigenvalue weighted by Crippen LogP contribution is -2.37. The van der Waals surface area contributed by atoms with Crippen LogP contribution in [0.4, 0.5) is 0 Å². The summed E-state index contributed by atoms with van der Waals surface area (Å²) in [6, 6.07) is 22.8. The molecular weight excluding hydrogens is 428 g/mol. The van der Waals surface area contributed by atoms with Crippen LogP contribution < -0.4 is 19.5 Å². The number of benzene rings is 3. The molecule has 168 valence electrons. The largest absolute Gasteiger partial charge is 0.494 e. The minimum Gasteiger partial charge on any atom is -0.494 e. The van der Waals surface area contributed by atoms with Crippen molar-refractivity contribution in [1.82, 2.24) is 10.0 Å². The molecule has 3 aromatic carbocycles. The molecule has 0 spiro atoms. The van der Waals surface area contributed by atoms with Gasteiger partial charge in [-0.05, 0) is 67.4 Å². The van der Waals surface area contributed by atoms with Gasteiger partial charge in [-0.25, -0.2) is 13.1 Å². The highest BCUT2D eigenvalue weighted by Gasteiger charge is 2.15. The first-order chi connectivity index (χ1) is 15.5. The number of nitrogens with one attached hydrogen (secondary N) is 2. The zero-order chi connectivity index (χ0) is 22.8. The molecule has 0 aromatic heterocycles. The number of hydrogen-bond donors (Lipinski definition) is 2. The number of amides is 1. The number of rotatable bonds is 11. The Morgan fingerprint density at radius 1 is 0.844 bits per heavy atom. The van der Waals surface area contributed by atoms with Gasteiger partial charge in [0.15, 0.2) is 0 Å². The summed E-state index contributed by atoms with van der Waals surface area (Å²) in [6.07, 6.45) is 0.676. The SMILES string of the molecule is CCOc1ccc(Oc2ccc(S(=O)(=O)NCC(=O)NCCc3ccccc3)cc2)cc1. The molecule has 0 saturated carbocycles. The number of sulfonamides is 1. The van der Waals surface area contributed by atoms with E-state index in [1.54, 1.807) is 36.4 Å². The van der Waals surface area contributed by atoms with Crippen LogP contribution in [0.25, 0.3) is 0 Å². The van der Waals surface area contributed by atoms with E-state index < -0.39 is 10.0 Å². The molecule has 0 fully saturated rings. The maximum absolute atomic E-state index is 12.5. The van der Waals surface area contributed by atoms with Gasteiger partial charge < -0.3 is 14.8 Å². The standard InChI is InChI=1S/C24H26N2O5S/c1-2-30-20-8-10-21(11-9-20)31-22-12-14-23(15-13-22)32(28,29)26-18-24(27)25-17-16-19-6-4-3-5-7-19/h3-15,26H,2,16-18H2,1H3,(H,25,27). The second-order valence-corrected chi connectivity index (χ2v) is 8.65. The fourth-order valence-corrected chi connectivity index (χ4v) is 3.87. The molecule has 0 aliphatic heterocycles. The third-order valence-corrected chi connectivity index (χ3v) is 5.92. The lowest BCUT2D eigenvalue weighted by atomic mass is 10.1. The van der Waals surface area contributed by atoms with E-state index in [2.05, 4.69) is 10.0 Å². The Bertz CT molecular complexity index is 1100. The van der Waals surface area contributed by atoms with Crippen molar-refractivity contribution in [2.75, 3.05) is 19.7 Å². The Kier molecular flexibility index (Phi) is 8.24. The van der Waals surface area contributed by atoms with Crippen LogP contribution in [-0.2, 0) is 21.2 Å². The number of carbonyl (C=O) groups is 1. The summed E-state index contributed by atoms with van der Waals surface area (Å²) < 4.78 is 38.3. The van der Waals surface area contributed by atoms with Crippen LogP contribution in [0.5, 0.6) is 17.2 Å². The second kappa shape index (κ2) is 11.3. The third-order valence-electron chi connectivity index (χ3n) is 4.51. The summed E-state index contributed by atoms with van der Waals surface area (Å²) in [5.74, 6) is 1.46. The maximum atomic E-state index is 12.5. The second-order valence-electron chi connectivity index (χ2n) is 6.89. The van der Waals surface area contributed by atoms with Crippen molar-refractivity contribution in [3.05, 3.63) is 84.4 Å². The summed E-state index contributed by atoms with van der Waals surface area (Å²) in [5, 5.41) is 2.71. The Labute approximate surface area is 188 Å². The fraction of sp³-hybridized carbons (Fsp3) is 0.208. The highest BCUT2D eigenvalue weighted by molar-refractivity contribution is 7.89. The Balaban J connectivity index is 1.48. The summed E-state index contributed by atoms with van der Waals surface area (Å²) in [7, 11) is -3.82. The van der Waals surface area contributed by atoms with Crippen molar-refractivity contribution in [3.8, 4) is 17.2 Å². The first kappa shape index (κ1) is 23.3. The van der Waals surface area contributed by atoms with Crippen LogP contribution in [0.2, 0.25) is 0 Å². The molecule has 0 saturated heterocycles. The van der Waals surface area contributed by atoms with Crippen molar-refractivity contribution < 1.29 is 22.7 Å². The highest BCUT2D eigenvalue weighted by Crippen LogP contribution is 2.25. The number of carbonyl (C=O) groups excluding carboxylic acids is 1. The van der Waals surface area contributed by atoms with E-state index in [0.717, 1.165) is 11.3 Å². The van der Waals surface area contributed by atoms with Gasteiger partial charge in [-0.3, -0.25) is 4.79 Å². The zero-order valence-electron chi connectivity index (χ0n) is 17.8. The van der Waals surface area contributed by atoms with Gasteiger partial charge in [0.2, 0.25) is 15.9 Å². The molecular formula is C24H26N2O5S. The molecule has 3 rings (SSSR count). The van der Waals surface area contributed by atoms with Crippen molar-refractivity contribution in [2.24, 2.45) is 0 Å². The van der Waals surface area contributed by atoms with E-state index in [1.165, 1.54) is 12.1 Å². The van der Waals surface area contributed by atoms with Crippen LogP contribution in [0.15, 0.2) is 83.8 Å². The van der Waals surface area contributed by atoms with E-state index in [9.17, 15) is 13.2 Å². The molecule has 0 aliphatic carbocycles. The van der Waals surface area contributed by atoms with Gasteiger partial charge in [0.25, 0.3) is 0 Å². The van der Waals surface area contributed by atoms with Crippen LogP contribution in [0.1, 0.15) is 12.5 Å². The average molecular weight is 455 g/mol. The predicted molar refractivity (Wildman–Crippen MR) is 122 cm³/mol. The molecule has 2 N–H and O–H groups in total. The van der Waals surface area contributed by atoms with Gasteiger partial charge >= 0.3 is 0 Å². The summed E-state index contributed by atoms with van der Waals surface area (Å²) in [5.41, 5.74) is 1.10. The lowest BCUT2D eigenvalue weighted by molar-refractivity contribution is -0.119. The number of ether oxygens (including phenoxy) is 2. The average Bonchev–Trinajstić information content (AvgIpc) is 2.80. The molecule has 0 atom stereocenters. The summed E-state index contributed by atoms with van der Waals surface area (Å²) in [4.78, 5) is 12.0. The molecule has 0 heterocycles. The maximum Gasteiger partial charge on any atom is 0.241 e. The van der Waals surface area contributed by atoms with Gasteiger partial charge in [0, 0.05) is 6.54 Å². The first-order valence-corrected chi connectivity index (χ1v) is 11.8. The molecule has 0 unspecified atom stereocenters. The van der Waals surface area contributed by atoms with E-state index in [0.29, 0.717) is 31.1 Å². The molecule has 0 bridgehead atoms. The summed E-state index contributed by atoms with van der Waals surface area (Å²) in [6.45, 7) is 2.59. The van der Waals surface area contributed by atoms with Gasteiger partial charge in [-0.15, -0.1) is 0 Å². The van der Waals surface area contributed by atoms with Crippen molar-refractivity contribution in [1.29, 1.82) is 0 Å². The molecule has 1 amide bonds. The van der Waals surface area contributed by atoms with Gasteiger partial charge in [-0.2, -0.15) is 0 Å². The van der Waals surface area contributed by atoms with Gasteiger partial charge in [0.05, 0.1) is 18.0 Å². The minimum atomic E-state index is -3.82. The highest BCUT2D eigenvalue weighted by atomic mass is 32.2. The van der Waals surface area contributed by atoms with Crippen molar-refractivity contribution in [3.63, 3.8) is 0 Å². The van der Waals surface area contributed by atoms with Crippen LogP contribution >= 0.6 is 0 Å². The lowest BCUT2D eigenvalue weighted by Gasteiger charge is -2.10. The predicted octanol–water partition coefficient (Wildman–Crippen LogP) is 3.51. The minimum absolute atomic E-state index is 0.0497. The molecule has 7 nitrogen and oxygen atoms in total.